The summed E-state index contributed by atoms with van der Waals surface area (Å²) in [6.07, 6.45) is -0.0499. The van der Waals surface area contributed by atoms with Crippen molar-refractivity contribution in [1.29, 1.82) is 0 Å². The first kappa shape index (κ1) is 13.9. The smallest absolute Gasteiger partial charge is 0.411 e. The third-order valence-electron chi connectivity index (χ3n) is 2.40. The van der Waals surface area contributed by atoms with Gasteiger partial charge < -0.3 is 4.74 Å². The Hall–Kier alpha value is -2.48. The molecule has 0 saturated heterocycles. The Morgan fingerprint density at radius 3 is 2.75 bits per heavy atom. The SMILES string of the molecule is O=C(Nc1ccc([N+](=O)[O-])cc1)OCCc1cscn1. The van der Waals surface area contributed by atoms with E-state index in [1.54, 1.807) is 5.51 Å². The van der Waals surface area contributed by atoms with Crippen molar-refractivity contribution in [1.82, 2.24) is 4.98 Å². The standard InChI is InChI=1S/C12H11N3O4S/c16-12(19-6-5-10-7-20-8-13-10)14-9-1-3-11(4-2-9)15(17)18/h1-4,7-8H,5-6H2,(H,14,16). The molecule has 0 atom stereocenters. The lowest BCUT2D eigenvalue weighted by atomic mass is 10.3. The third kappa shape index (κ3) is 4.02. The molecule has 0 fully saturated rings. The van der Waals surface area contributed by atoms with Crippen LogP contribution in [0, 0.1) is 10.1 Å². The van der Waals surface area contributed by atoms with Crippen molar-refractivity contribution in [2.75, 3.05) is 11.9 Å². The van der Waals surface area contributed by atoms with Gasteiger partial charge in [-0.2, -0.15) is 0 Å². The van der Waals surface area contributed by atoms with Crippen molar-refractivity contribution in [3.63, 3.8) is 0 Å². The van der Waals surface area contributed by atoms with Crippen LogP contribution in [0.4, 0.5) is 16.2 Å². The molecule has 104 valence electrons. The molecule has 0 aliphatic heterocycles. The van der Waals surface area contributed by atoms with Crippen LogP contribution in [0.2, 0.25) is 0 Å². The van der Waals surface area contributed by atoms with Crippen molar-refractivity contribution < 1.29 is 14.5 Å². The van der Waals surface area contributed by atoms with Crippen LogP contribution >= 0.6 is 11.3 Å². The van der Waals surface area contributed by atoms with E-state index in [-0.39, 0.29) is 12.3 Å². The zero-order chi connectivity index (χ0) is 14.4. The Kier molecular flexibility index (Phi) is 4.61. The number of hydrogen-bond acceptors (Lipinski definition) is 6. The average molecular weight is 293 g/mol. The maximum Gasteiger partial charge on any atom is 0.411 e. The van der Waals surface area contributed by atoms with Gasteiger partial charge >= 0.3 is 6.09 Å². The molecule has 2 aromatic rings. The highest BCUT2D eigenvalue weighted by atomic mass is 32.1. The molecule has 0 radical (unpaired) electrons. The summed E-state index contributed by atoms with van der Waals surface area (Å²) in [5.74, 6) is 0. The first-order valence-electron chi connectivity index (χ1n) is 5.70. The summed E-state index contributed by atoms with van der Waals surface area (Å²) in [6, 6.07) is 5.51. The van der Waals surface area contributed by atoms with Crippen molar-refractivity contribution in [3.8, 4) is 0 Å². The highest BCUT2D eigenvalue weighted by molar-refractivity contribution is 7.07. The second-order valence-electron chi connectivity index (χ2n) is 3.79. The minimum atomic E-state index is -0.603. The minimum Gasteiger partial charge on any atom is -0.449 e. The highest BCUT2D eigenvalue weighted by Gasteiger charge is 2.07. The molecule has 8 heteroatoms. The van der Waals surface area contributed by atoms with Crippen LogP contribution < -0.4 is 5.32 Å². The predicted molar refractivity (Wildman–Crippen MR) is 73.9 cm³/mol. The fourth-order valence-electron chi connectivity index (χ4n) is 1.43. The zero-order valence-electron chi connectivity index (χ0n) is 10.3. The molecule has 1 amide bonds. The number of nitrogens with one attached hydrogen (secondary N) is 1. The molecule has 0 aliphatic carbocycles. The lowest BCUT2D eigenvalue weighted by Gasteiger charge is -2.06. The number of ether oxygens (including phenoxy) is 1. The number of carbonyl (C=O) groups excluding carboxylic acids is 1. The van der Waals surface area contributed by atoms with Gasteiger partial charge in [-0.15, -0.1) is 11.3 Å². The topological polar surface area (TPSA) is 94.4 Å². The summed E-state index contributed by atoms with van der Waals surface area (Å²) < 4.78 is 4.98. The Labute approximate surface area is 118 Å². The highest BCUT2D eigenvalue weighted by Crippen LogP contribution is 2.15. The number of non-ortho nitro benzene ring substituents is 1. The number of amides is 1. The second-order valence-corrected chi connectivity index (χ2v) is 4.51. The Balaban J connectivity index is 1.77. The number of nitro groups is 1. The van der Waals surface area contributed by atoms with Gasteiger partial charge in [-0.3, -0.25) is 15.4 Å². The van der Waals surface area contributed by atoms with Crippen LogP contribution in [0.3, 0.4) is 0 Å². The van der Waals surface area contributed by atoms with E-state index in [9.17, 15) is 14.9 Å². The molecule has 1 heterocycles. The number of rotatable bonds is 5. The summed E-state index contributed by atoms with van der Waals surface area (Å²) in [5, 5.41) is 14.8. The second kappa shape index (κ2) is 6.62. The third-order valence-corrected chi connectivity index (χ3v) is 3.03. The number of benzene rings is 1. The molecule has 1 aromatic carbocycles. The molecule has 0 aliphatic rings. The van der Waals surface area contributed by atoms with Crippen molar-refractivity contribution >= 4 is 28.8 Å². The first-order valence-corrected chi connectivity index (χ1v) is 6.65. The summed E-state index contributed by atoms with van der Waals surface area (Å²) in [5.41, 5.74) is 2.99. The van der Waals surface area contributed by atoms with Crippen LogP contribution in [0.5, 0.6) is 0 Å². The largest absolute Gasteiger partial charge is 0.449 e. The number of nitro benzene ring substituents is 1. The fraction of sp³-hybridized carbons (Fsp3) is 0.167. The van der Waals surface area contributed by atoms with E-state index in [4.69, 9.17) is 4.74 Å². The normalized spacial score (nSPS) is 10.0. The quantitative estimate of drug-likeness (QED) is 0.675. The first-order chi connectivity index (χ1) is 9.65. The van der Waals surface area contributed by atoms with Gasteiger partial charge in [0.15, 0.2) is 0 Å². The van der Waals surface area contributed by atoms with Crippen LogP contribution in [0.1, 0.15) is 5.69 Å². The molecule has 0 unspecified atom stereocenters. The molecule has 0 bridgehead atoms. The summed E-state index contributed by atoms with van der Waals surface area (Å²) in [6.45, 7) is 0.225. The van der Waals surface area contributed by atoms with Crippen molar-refractivity contribution in [2.45, 2.75) is 6.42 Å². The van der Waals surface area contributed by atoms with E-state index in [0.29, 0.717) is 12.1 Å². The van der Waals surface area contributed by atoms with Gasteiger partial charge in [-0.05, 0) is 12.1 Å². The van der Waals surface area contributed by atoms with E-state index in [1.165, 1.54) is 35.6 Å². The molecule has 0 spiro atoms. The van der Waals surface area contributed by atoms with Gasteiger partial charge in [0, 0.05) is 29.6 Å². The van der Waals surface area contributed by atoms with Gasteiger partial charge in [0.05, 0.1) is 22.7 Å². The maximum absolute atomic E-state index is 11.5. The predicted octanol–water partition coefficient (Wildman–Crippen LogP) is 2.84. The molecule has 2 rings (SSSR count). The summed E-state index contributed by atoms with van der Waals surface area (Å²) in [7, 11) is 0. The lowest BCUT2D eigenvalue weighted by Crippen LogP contribution is -2.15. The van der Waals surface area contributed by atoms with E-state index < -0.39 is 11.0 Å². The Morgan fingerprint density at radius 2 is 2.15 bits per heavy atom. The molecule has 0 saturated carbocycles. The molecular weight excluding hydrogens is 282 g/mol. The molecule has 1 N–H and O–H groups in total. The number of carbonyl (C=O) groups is 1. The van der Waals surface area contributed by atoms with Crippen molar-refractivity contribution in [2.24, 2.45) is 0 Å². The number of nitrogens with zero attached hydrogens (tertiary/aromatic N) is 2. The Bertz CT molecular complexity index is 583. The summed E-state index contributed by atoms with van der Waals surface area (Å²) >= 11 is 1.48. The van der Waals surface area contributed by atoms with Crippen LogP contribution in [0.25, 0.3) is 0 Å². The number of aromatic nitrogens is 1. The van der Waals surface area contributed by atoms with Crippen molar-refractivity contribution in [3.05, 3.63) is 51.0 Å². The average Bonchev–Trinajstić information content (AvgIpc) is 2.92. The lowest BCUT2D eigenvalue weighted by molar-refractivity contribution is -0.384. The van der Waals surface area contributed by atoms with Crippen LogP contribution in [-0.4, -0.2) is 22.6 Å². The molecule has 1 aromatic heterocycles. The molecule has 7 nitrogen and oxygen atoms in total. The van der Waals surface area contributed by atoms with Gasteiger partial charge in [-0.25, -0.2) is 9.78 Å². The molecule has 20 heavy (non-hydrogen) atoms. The van der Waals surface area contributed by atoms with E-state index in [0.717, 1.165) is 5.69 Å². The van der Waals surface area contributed by atoms with Gasteiger partial charge in [0.2, 0.25) is 0 Å². The number of hydrogen-bond donors (Lipinski definition) is 1. The molecular formula is C12H11N3O4S. The number of thiazole rings is 1. The van der Waals surface area contributed by atoms with Crippen LogP contribution in [0.15, 0.2) is 35.2 Å². The minimum absolute atomic E-state index is 0.0348. The summed E-state index contributed by atoms with van der Waals surface area (Å²) in [4.78, 5) is 25.5. The van der Waals surface area contributed by atoms with Gasteiger partial charge in [0.1, 0.15) is 0 Å². The van der Waals surface area contributed by atoms with E-state index >= 15 is 0 Å². The van der Waals surface area contributed by atoms with Gasteiger partial charge in [0.25, 0.3) is 5.69 Å². The van der Waals surface area contributed by atoms with E-state index in [1.807, 2.05) is 5.38 Å². The monoisotopic (exact) mass is 293 g/mol. The fourth-order valence-corrected chi connectivity index (χ4v) is 2.02. The van der Waals surface area contributed by atoms with E-state index in [2.05, 4.69) is 10.3 Å². The maximum atomic E-state index is 11.5. The van der Waals surface area contributed by atoms with Gasteiger partial charge in [-0.1, -0.05) is 0 Å². The zero-order valence-corrected chi connectivity index (χ0v) is 11.1. The number of anilines is 1. The van der Waals surface area contributed by atoms with Crippen LogP contribution in [-0.2, 0) is 11.2 Å². The Morgan fingerprint density at radius 1 is 1.40 bits per heavy atom.